The molecule has 0 radical (unpaired) electrons. The number of hydrogen-bond acceptors (Lipinski definition) is 3. The number of amides is 2. The van der Waals surface area contributed by atoms with Gasteiger partial charge in [0.15, 0.2) is 6.61 Å². The van der Waals surface area contributed by atoms with Crippen molar-refractivity contribution < 1.29 is 14.3 Å². The molecule has 0 unspecified atom stereocenters. The van der Waals surface area contributed by atoms with Crippen LogP contribution >= 0.6 is 23.2 Å². The summed E-state index contributed by atoms with van der Waals surface area (Å²) in [7, 11) is 0. The predicted molar refractivity (Wildman–Crippen MR) is 160 cm³/mol. The van der Waals surface area contributed by atoms with Gasteiger partial charge in [-0.3, -0.25) is 9.59 Å². The SMILES string of the molecule is CCCCNC(=O)[C@H](Cc1ccccc1)N(Cc1ccc(Cl)cc1Cl)C(=O)COc1ccccc1C(C)(C)C. The minimum Gasteiger partial charge on any atom is -0.483 e. The maximum absolute atomic E-state index is 13.9. The Labute approximate surface area is 242 Å². The van der Waals surface area contributed by atoms with Crippen molar-refractivity contribution >= 4 is 35.0 Å². The van der Waals surface area contributed by atoms with E-state index in [1.54, 1.807) is 23.1 Å². The third-order valence-corrected chi connectivity index (χ3v) is 7.09. The molecule has 0 aliphatic carbocycles. The molecule has 7 heteroatoms. The van der Waals surface area contributed by atoms with Crippen molar-refractivity contribution in [1.29, 1.82) is 0 Å². The molecular formula is C32H38Cl2N2O3. The second-order valence-corrected chi connectivity index (χ2v) is 11.5. The number of ether oxygens (including phenoxy) is 1. The van der Waals surface area contributed by atoms with Gasteiger partial charge >= 0.3 is 0 Å². The fourth-order valence-electron chi connectivity index (χ4n) is 4.33. The Bertz CT molecular complexity index is 1240. The number of rotatable bonds is 12. The van der Waals surface area contributed by atoms with Crippen LogP contribution in [0.4, 0.5) is 0 Å². The molecule has 0 heterocycles. The molecule has 0 bridgehead atoms. The van der Waals surface area contributed by atoms with Crippen LogP contribution in [-0.4, -0.2) is 35.9 Å². The lowest BCUT2D eigenvalue weighted by atomic mass is 9.86. The molecular weight excluding hydrogens is 531 g/mol. The first kappa shape index (κ1) is 30.5. The van der Waals surface area contributed by atoms with Crippen LogP contribution < -0.4 is 10.1 Å². The van der Waals surface area contributed by atoms with Crippen LogP contribution in [0, 0.1) is 0 Å². The molecule has 0 aliphatic rings. The zero-order valence-electron chi connectivity index (χ0n) is 23.2. The highest BCUT2D eigenvalue weighted by Crippen LogP contribution is 2.31. The van der Waals surface area contributed by atoms with E-state index < -0.39 is 6.04 Å². The molecule has 3 aromatic rings. The van der Waals surface area contributed by atoms with E-state index in [2.05, 4.69) is 33.0 Å². The number of hydrogen-bond donors (Lipinski definition) is 1. The van der Waals surface area contributed by atoms with Crippen LogP contribution in [0.15, 0.2) is 72.8 Å². The topological polar surface area (TPSA) is 58.6 Å². The molecule has 0 saturated carbocycles. The Balaban J connectivity index is 1.95. The van der Waals surface area contributed by atoms with Gasteiger partial charge in [0.05, 0.1) is 0 Å². The maximum atomic E-state index is 13.9. The Morgan fingerprint density at radius 1 is 0.974 bits per heavy atom. The molecule has 0 spiro atoms. The first-order valence-corrected chi connectivity index (χ1v) is 14.1. The van der Waals surface area contributed by atoms with Crippen molar-refractivity contribution in [2.45, 2.75) is 65.0 Å². The highest BCUT2D eigenvalue weighted by Gasteiger charge is 2.31. The van der Waals surface area contributed by atoms with Gasteiger partial charge in [0.2, 0.25) is 5.91 Å². The second-order valence-electron chi connectivity index (χ2n) is 10.6. The minimum absolute atomic E-state index is 0.137. The fourth-order valence-corrected chi connectivity index (χ4v) is 4.80. The standard InChI is InChI=1S/C32H38Cl2N2O3/c1-5-6-18-35-31(38)28(19-23-12-8-7-9-13-23)36(21-24-16-17-25(33)20-27(24)34)30(37)22-39-29-15-11-10-14-26(29)32(2,3)4/h7-17,20,28H,5-6,18-19,21-22H2,1-4H3,(H,35,38)/t28-/m0/s1. The van der Waals surface area contributed by atoms with E-state index in [-0.39, 0.29) is 30.4 Å². The Hall–Kier alpha value is -3.02. The van der Waals surface area contributed by atoms with E-state index in [9.17, 15) is 9.59 Å². The fraction of sp³-hybridized carbons (Fsp3) is 0.375. The van der Waals surface area contributed by atoms with Crippen molar-refractivity contribution in [3.63, 3.8) is 0 Å². The largest absolute Gasteiger partial charge is 0.483 e. The molecule has 1 N–H and O–H groups in total. The summed E-state index contributed by atoms with van der Waals surface area (Å²) < 4.78 is 6.10. The molecule has 0 aliphatic heterocycles. The lowest BCUT2D eigenvalue weighted by Gasteiger charge is -2.32. The van der Waals surface area contributed by atoms with Gasteiger partial charge in [-0.25, -0.2) is 0 Å². The van der Waals surface area contributed by atoms with E-state index in [1.807, 2.05) is 54.6 Å². The number of nitrogens with zero attached hydrogens (tertiary/aromatic N) is 1. The van der Waals surface area contributed by atoms with Gasteiger partial charge < -0.3 is 15.0 Å². The molecule has 0 saturated heterocycles. The van der Waals surface area contributed by atoms with Gasteiger partial charge in [-0.1, -0.05) is 112 Å². The van der Waals surface area contributed by atoms with Crippen molar-refractivity contribution in [3.05, 3.63) is 99.5 Å². The zero-order chi connectivity index (χ0) is 28.4. The molecule has 3 aromatic carbocycles. The van der Waals surface area contributed by atoms with Crippen LogP contribution in [0.2, 0.25) is 10.0 Å². The first-order chi connectivity index (χ1) is 18.6. The van der Waals surface area contributed by atoms with Crippen molar-refractivity contribution in [1.82, 2.24) is 10.2 Å². The van der Waals surface area contributed by atoms with Crippen molar-refractivity contribution in [2.24, 2.45) is 0 Å². The molecule has 0 aromatic heterocycles. The second kappa shape index (κ2) is 14.4. The first-order valence-electron chi connectivity index (χ1n) is 13.4. The van der Waals surface area contributed by atoms with E-state index in [0.717, 1.165) is 24.0 Å². The summed E-state index contributed by atoms with van der Waals surface area (Å²) >= 11 is 12.6. The molecule has 5 nitrogen and oxygen atoms in total. The number of benzene rings is 3. The molecule has 1 atom stereocenters. The van der Waals surface area contributed by atoms with Gasteiger partial charge in [-0.15, -0.1) is 0 Å². The smallest absolute Gasteiger partial charge is 0.261 e. The minimum atomic E-state index is -0.759. The van der Waals surface area contributed by atoms with Gasteiger partial charge in [0, 0.05) is 29.6 Å². The lowest BCUT2D eigenvalue weighted by molar-refractivity contribution is -0.142. The Morgan fingerprint density at radius 3 is 2.33 bits per heavy atom. The van der Waals surface area contributed by atoms with Crippen LogP contribution in [0.3, 0.4) is 0 Å². The quantitative estimate of drug-likeness (QED) is 0.234. The van der Waals surface area contributed by atoms with E-state index in [1.165, 1.54) is 0 Å². The molecule has 2 amide bonds. The molecule has 3 rings (SSSR count). The molecule has 0 fully saturated rings. The van der Waals surface area contributed by atoms with Gasteiger partial charge in [-0.05, 0) is 46.7 Å². The van der Waals surface area contributed by atoms with Gasteiger partial charge in [0.25, 0.3) is 5.91 Å². The summed E-state index contributed by atoms with van der Waals surface area (Å²) in [6, 6.07) is 21.8. The summed E-state index contributed by atoms with van der Waals surface area (Å²) in [5.41, 5.74) is 2.49. The van der Waals surface area contributed by atoms with Crippen LogP contribution in [-0.2, 0) is 28.0 Å². The van der Waals surface area contributed by atoms with Gasteiger partial charge in [-0.2, -0.15) is 0 Å². The summed E-state index contributed by atoms with van der Waals surface area (Å²) in [6.07, 6.45) is 2.16. The van der Waals surface area contributed by atoms with E-state index >= 15 is 0 Å². The Morgan fingerprint density at radius 2 is 1.67 bits per heavy atom. The molecule has 208 valence electrons. The highest BCUT2D eigenvalue weighted by molar-refractivity contribution is 6.35. The zero-order valence-corrected chi connectivity index (χ0v) is 24.7. The average Bonchev–Trinajstić information content (AvgIpc) is 2.90. The summed E-state index contributed by atoms with van der Waals surface area (Å²) in [6.45, 7) is 8.83. The number of nitrogens with one attached hydrogen (secondary N) is 1. The summed E-state index contributed by atoms with van der Waals surface area (Å²) in [5.74, 6) is 0.131. The van der Waals surface area contributed by atoms with Crippen molar-refractivity contribution in [2.75, 3.05) is 13.2 Å². The lowest BCUT2D eigenvalue weighted by Crippen LogP contribution is -2.51. The van der Waals surface area contributed by atoms with Crippen LogP contribution in [0.1, 0.15) is 57.2 Å². The summed E-state index contributed by atoms with van der Waals surface area (Å²) in [4.78, 5) is 29.0. The van der Waals surface area contributed by atoms with E-state index in [4.69, 9.17) is 27.9 Å². The number of carbonyl (C=O) groups excluding carboxylic acids is 2. The summed E-state index contributed by atoms with van der Waals surface area (Å²) in [5, 5.41) is 3.96. The van der Waals surface area contributed by atoms with E-state index in [0.29, 0.717) is 34.3 Å². The predicted octanol–water partition coefficient (Wildman–Crippen LogP) is 7.23. The number of halogens is 2. The van der Waals surface area contributed by atoms with Crippen LogP contribution in [0.5, 0.6) is 5.75 Å². The average molecular weight is 570 g/mol. The van der Waals surface area contributed by atoms with Crippen LogP contribution in [0.25, 0.3) is 0 Å². The number of carbonyl (C=O) groups is 2. The Kier molecular flexibility index (Phi) is 11.3. The monoisotopic (exact) mass is 568 g/mol. The number of para-hydroxylation sites is 1. The number of unbranched alkanes of at least 4 members (excludes halogenated alkanes) is 1. The van der Waals surface area contributed by atoms with Gasteiger partial charge in [0.1, 0.15) is 11.8 Å². The maximum Gasteiger partial charge on any atom is 0.261 e. The highest BCUT2D eigenvalue weighted by atomic mass is 35.5. The third-order valence-electron chi connectivity index (χ3n) is 6.50. The molecule has 39 heavy (non-hydrogen) atoms. The third kappa shape index (κ3) is 9.01. The van der Waals surface area contributed by atoms with Crippen molar-refractivity contribution in [3.8, 4) is 5.75 Å². The normalized spacial score (nSPS) is 12.1.